The fraction of sp³-hybridized carbons (Fsp3) is 0.286. The largest absolute Gasteiger partial charge is 0.465 e. The van der Waals surface area contributed by atoms with Gasteiger partial charge in [-0.25, -0.2) is 8.78 Å². The SMILES string of the molecule is CCOC(=O)Cn1cc(C)c2cc(F)c(F)cc2c1=O. The molecule has 0 amide bonds. The monoisotopic (exact) mass is 281 g/mol. The van der Waals surface area contributed by atoms with Crippen LogP contribution in [0.25, 0.3) is 10.8 Å². The molecule has 0 saturated heterocycles. The Hall–Kier alpha value is -2.24. The van der Waals surface area contributed by atoms with Crippen LogP contribution in [0.5, 0.6) is 0 Å². The summed E-state index contributed by atoms with van der Waals surface area (Å²) < 4.78 is 32.4. The maximum atomic E-state index is 13.3. The number of pyridine rings is 1. The predicted molar refractivity (Wildman–Crippen MR) is 69.5 cm³/mol. The third kappa shape index (κ3) is 2.54. The highest BCUT2D eigenvalue weighted by Crippen LogP contribution is 2.18. The van der Waals surface area contributed by atoms with Gasteiger partial charge in [-0.15, -0.1) is 0 Å². The van der Waals surface area contributed by atoms with E-state index in [0.717, 1.165) is 16.7 Å². The van der Waals surface area contributed by atoms with Crippen LogP contribution in [0.1, 0.15) is 12.5 Å². The summed E-state index contributed by atoms with van der Waals surface area (Å²) >= 11 is 0. The van der Waals surface area contributed by atoms with Crippen molar-refractivity contribution < 1.29 is 18.3 Å². The summed E-state index contributed by atoms with van der Waals surface area (Å²) in [7, 11) is 0. The number of ether oxygens (including phenoxy) is 1. The molecule has 6 heteroatoms. The molecular formula is C14H13F2NO3. The second-order valence-electron chi connectivity index (χ2n) is 4.36. The minimum absolute atomic E-state index is 0.0354. The summed E-state index contributed by atoms with van der Waals surface area (Å²) in [5.41, 5.74) is 0.0142. The molecule has 0 unspecified atom stereocenters. The number of hydrogen-bond donors (Lipinski definition) is 0. The average Bonchev–Trinajstić information content (AvgIpc) is 2.38. The zero-order chi connectivity index (χ0) is 14.9. The van der Waals surface area contributed by atoms with E-state index in [1.165, 1.54) is 6.20 Å². The Kier molecular flexibility index (Phi) is 3.83. The summed E-state index contributed by atoms with van der Waals surface area (Å²) in [6.07, 6.45) is 1.43. The van der Waals surface area contributed by atoms with E-state index in [1.807, 2.05) is 0 Å². The van der Waals surface area contributed by atoms with Crippen LogP contribution in [0, 0.1) is 18.6 Å². The molecule has 1 aromatic heterocycles. The molecule has 0 aliphatic rings. The average molecular weight is 281 g/mol. The Morgan fingerprint density at radius 2 is 1.85 bits per heavy atom. The maximum absolute atomic E-state index is 13.3. The van der Waals surface area contributed by atoms with Crippen LogP contribution in [0.4, 0.5) is 8.78 Å². The quantitative estimate of drug-likeness (QED) is 0.810. The summed E-state index contributed by atoms with van der Waals surface area (Å²) in [5, 5.41) is 0.363. The van der Waals surface area contributed by atoms with E-state index in [0.29, 0.717) is 10.9 Å². The molecular weight excluding hydrogens is 268 g/mol. The van der Waals surface area contributed by atoms with E-state index >= 15 is 0 Å². The second kappa shape index (κ2) is 5.40. The van der Waals surface area contributed by atoms with Crippen molar-refractivity contribution in [1.29, 1.82) is 0 Å². The highest BCUT2D eigenvalue weighted by atomic mass is 19.2. The van der Waals surface area contributed by atoms with Gasteiger partial charge in [-0.2, -0.15) is 0 Å². The van der Waals surface area contributed by atoms with Crippen molar-refractivity contribution in [1.82, 2.24) is 4.57 Å². The van der Waals surface area contributed by atoms with E-state index in [2.05, 4.69) is 0 Å². The van der Waals surface area contributed by atoms with Crippen molar-refractivity contribution >= 4 is 16.7 Å². The van der Waals surface area contributed by atoms with Crippen molar-refractivity contribution in [3.63, 3.8) is 0 Å². The van der Waals surface area contributed by atoms with Crippen LogP contribution in [-0.2, 0) is 16.1 Å². The van der Waals surface area contributed by atoms with Crippen LogP contribution >= 0.6 is 0 Å². The molecule has 4 nitrogen and oxygen atoms in total. The lowest BCUT2D eigenvalue weighted by atomic mass is 10.1. The lowest BCUT2D eigenvalue weighted by Crippen LogP contribution is -2.25. The van der Waals surface area contributed by atoms with Crippen LogP contribution < -0.4 is 5.56 Å². The number of benzene rings is 1. The van der Waals surface area contributed by atoms with E-state index in [9.17, 15) is 18.4 Å². The van der Waals surface area contributed by atoms with E-state index in [4.69, 9.17) is 4.74 Å². The van der Waals surface area contributed by atoms with Crippen molar-refractivity contribution in [2.24, 2.45) is 0 Å². The number of aromatic nitrogens is 1. The standard InChI is InChI=1S/C14H13F2NO3/c1-3-20-13(18)7-17-6-8(2)9-4-11(15)12(16)5-10(9)14(17)19/h4-6H,3,7H2,1-2H3. The predicted octanol–water partition coefficient (Wildman–Crippen LogP) is 2.15. The highest BCUT2D eigenvalue weighted by Gasteiger charge is 2.13. The number of carbonyl (C=O) groups is 1. The minimum Gasteiger partial charge on any atom is -0.465 e. The van der Waals surface area contributed by atoms with Gasteiger partial charge in [0.25, 0.3) is 5.56 Å². The molecule has 0 radical (unpaired) electrons. The molecule has 20 heavy (non-hydrogen) atoms. The van der Waals surface area contributed by atoms with Crippen molar-refractivity contribution in [3.8, 4) is 0 Å². The van der Waals surface area contributed by atoms with Gasteiger partial charge < -0.3 is 9.30 Å². The lowest BCUT2D eigenvalue weighted by molar-refractivity contribution is -0.143. The van der Waals surface area contributed by atoms with Crippen LogP contribution in [0.3, 0.4) is 0 Å². The zero-order valence-electron chi connectivity index (χ0n) is 11.1. The summed E-state index contributed by atoms with van der Waals surface area (Å²) in [6, 6.07) is 1.83. The minimum atomic E-state index is -1.09. The number of halogens is 2. The summed E-state index contributed by atoms with van der Waals surface area (Å²) in [5.74, 6) is -2.66. The fourth-order valence-corrected chi connectivity index (χ4v) is 2.03. The number of aryl methyl sites for hydroxylation is 1. The highest BCUT2D eigenvalue weighted by molar-refractivity contribution is 5.85. The van der Waals surface area contributed by atoms with E-state index < -0.39 is 23.2 Å². The Balaban J connectivity index is 2.59. The first-order chi connectivity index (χ1) is 9.43. The Morgan fingerprint density at radius 3 is 2.45 bits per heavy atom. The molecule has 0 fully saturated rings. The van der Waals surface area contributed by atoms with Gasteiger partial charge in [-0.05, 0) is 36.9 Å². The van der Waals surface area contributed by atoms with E-state index in [-0.39, 0.29) is 18.5 Å². The van der Waals surface area contributed by atoms with Gasteiger partial charge in [0.1, 0.15) is 6.54 Å². The van der Waals surface area contributed by atoms with E-state index in [1.54, 1.807) is 13.8 Å². The van der Waals surface area contributed by atoms with Crippen molar-refractivity contribution in [2.75, 3.05) is 6.61 Å². The summed E-state index contributed by atoms with van der Waals surface area (Å²) in [4.78, 5) is 23.6. The first-order valence-corrected chi connectivity index (χ1v) is 6.08. The first kappa shape index (κ1) is 14.2. The van der Waals surface area contributed by atoms with Gasteiger partial charge in [0.2, 0.25) is 0 Å². The molecule has 0 atom stereocenters. The topological polar surface area (TPSA) is 48.3 Å². The molecule has 0 N–H and O–H groups in total. The smallest absolute Gasteiger partial charge is 0.326 e. The van der Waals surface area contributed by atoms with Crippen molar-refractivity contribution in [3.05, 3.63) is 45.9 Å². The molecule has 0 aliphatic carbocycles. The lowest BCUT2D eigenvalue weighted by Gasteiger charge is -2.10. The molecule has 1 aromatic carbocycles. The van der Waals surface area contributed by atoms with Gasteiger partial charge in [-0.3, -0.25) is 9.59 Å². The number of hydrogen-bond acceptors (Lipinski definition) is 3. The fourth-order valence-electron chi connectivity index (χ4n) is 2.03. The van der Waals surface area contributed by atoms with Crippen LogP contribution in [-0.4, -0.2) is 17.1 Å². The zero-order valence-corrected chi connectivity index (χ0v) is 11.1. The molecule has 106 valence electrons. The second-order valence-corrected chi connectivity index (χ2v) is 4.36. The van der Waals surface area contributed by atoms with Crippen LogP contribution in [0.15, 0.2) is 23.1 Å². The van der Waals surface area contributed by atoms with Crippen molar-refractivity contribution in [2.45, 2.75) is 20.4 Å². The van der Waals surface area contributed by atoms with Gasteiger partial charge in [0.05, 0.1) is 12.0 Å². The van der Waals surface area contributed by atoms with Gasteiger partial charge in [0.15, 0.2) is 11.6 Å². The van der Waals surface area contributed by atoms with Crippen LogP contribution in [0.2, 0.25) is 0 Å². The van der Waals surface area contributed by atoms with Gasteiger partial charge >= 0.3 is 5.97 Å². The first-order valence-electron chi connectivity index (χ1n) is 6.08. The maximum Gasteiger partial charge on any atom is 0.326 e. The third-order valence-corrected chi connectivity index (χ3v) is 2.93. The molecule has 0 bridgehead atoms. The summed E-state index contributed by atoms with van der Waals surface area (Å²) in [6.45, 7) is 3.26. The molecule has 2 aromatic rings. The number of nitrogens with zero attached hydrogens (tertiary/aromatic N) is 1. The third-order valence-electron chi connectivity index (χ3n) is 2.93. The molecule has 0 aliphatic heterocycles. The molecule has 2 rings (SSSR count). The molecule has 0 saturated carbocycles. The van der Waals surface area contributed by atoms with Gasteiger partial charge in [0, 0.05) is 6.20 Å². The Morgan fingerprint density at radius 1 is 1.25 bits per heavy atom. The number of esters is 1. The normalized spacial score (nSPS) is 10.8. The number of carbonyl (C=O) groups excluding carboxylic acids is 1. The number of rotatable bonds is 3. The van der Waals surface area contributed by atoms with Gasteiger partial charge in [-0.1, -0.05) is 0 Å². The Labute approximate surface area is 113 Å². The Bertz CT molecular complexity index is 737. The molecule has 1 heterocycles. The molecule has 0 spiro atoms. The number of fused-ring (bicyclic) bond motifs is 1.